The zero-order valence-corrected chi connectivity index (χ0v) is 18.3. The number of nitrogens with zero attached hydrogens (tertiary/aromatic N) is 2. The van der Waals surface area contributed by atoms with Crippen LogP contribution in [0, 0.1) is 0 Å². The van der Waals surface area contributed by atoms with Crippen molar-refractivity contribution in [3.8, 4) is 0 Å². The lowest BCUT2D eigenvalue weighted by molar-refractivity contribution is 0.850. The fraction of sp³-hybridized carbons (Fsp3) is 0.176. The number of benzene rings is 2. The van der Waals surface area contributed by atoms with Gasteiger partial charge in [0.05, 0.1) is 11.4 Å². The molecule has 2 aromatic rings. The second-order valence-electron chi connectivity index (χ2n) is 5.44. The van der Waals surface area contributed by atoms with Crippen molar-refractivity contribution in [2.75, 3.05) is 21.7 Å². The van der Waals surface area contributed by atoms with Crippen LogP contribution < -0.4 is 8.61 Å². The molecule has 2 nitrogen and oxygen atoms in total. The zero-order valence-electron chi connectivity index (χ0n) is 12.4. The number of halogens is 2. The number of fused-ring (bicyclic) bond motifs is 2. The van der Waals surface area contributed by atoms with Gasteiger partial charge in [0.25, 0.3) is 0 Å². The minimum Gasteiger partial charge on any atom is -0.313 e. The van der Waals surface area contributed by atoms with Crippen LogP contribution in [0.2, 0.25) is 0 Å². The highest BCUT2D eigenvalue weighted by Gasteiger charge is 2.21. The summed E-state index contributed by atoms with van der Waals surface area (Å²) in [7, 11) is 0.377. The van der Waals surface area contributed by atoms with Crippen LogP contribution in [0.25, 0.3) is 0 Å². The Morgan fingerprint density at radius 3 is 1.61 bits per heavy atom. The Balaban J connectivity index is 1.44. The molecule has 0 amide bonds. The van der Waals surface area contributed by atoms with Gasteiger partial charge < -0.3 is 8.61 Å². The van der Waals surface area contributed by atoms with Crippen molar-refractivity contribution >= 4 is 80.2 Å². The highest BCUT2D eigenvalue weighted by atomic mass is 127. The molecule has 0 N–H and O–H groups in total. The lowest BCUT2D eigenvalue weighted by Gasteiger charge is -2.25. The minimum absolute atomic E-state index is 0.188. The van der Waals surface area contributed by atoms with E-state index in [-0.39, 0.29) is 15.7 Å². The van der Waals surface area contributed by atoms with Crippen LogP contribution in [0.15, 0.2) is 48.5 Å². The molecule has 0 aromatic heterocycles. The van der Waals surface area contributed by atoms with E-state index in [2.05, 4.69) is 110 Å². The average molecular weight is 566 g/mol. The molecule has 2 aliphatic heterocycles. The number of para-hydroxylation sites is 2. The van der Waals surface area contributed by atoms with Crippen molar-refractivity contribution in [1.29, 1.82) is 0 Å². The lowest BCUT2D eigenvalue weighted by atomic mass is 10.2. The SMILES string of the molecule is IS1=Cc2ccccc2N1CCCN1c2ccccc2C=S1I. The predicted octanol–water partition coefficient (Wildman–Crippen LogP) is 5.79. The second-order valence-corrected chi connectivity index (χ2v) is 13.3. The van der Waals surface area contributed by atoms with Gasteiger partial charge in [-0.15, -0.1) is 0 Å². The van der Waals surface area contributed by atoms with Crippen LogP contribution in [-0.4, -0.2) is 23.8 Å². The van der Waals surface area contributed by atoms with E-state index in [1.54, 1.807) is 0 Å². The molecular weight excluding hydrogens is 550 g/mol. The summed E-state index contributed by atoms with van der Waals surface area (Å²) >= 11 is 5.12. The number of hydrogen-bond acceptors (Lipinski definition) is 2. The Labute approximate surface area is 166 Å². The molecular formula is C17H16I2N2S2. The first-order chi connectivity index (χ1) is 11.2. The number of anilines is 2. The first-order valence-corrected chi connectivity index (χ1v) is 15.0. The fourth-order valence-electron chi connectivity index (χ4n) is 2.93. The molecule has 0 aliphatic carbocycles. The lowest BCUT2D eigenvalue weighted by Crippen LogP contribution is -2.21. The molecule has 2 atom stereocenters. The summed E-state index contributed by atoms with van der Waals surface area (Å²) in [4.78, 5) is 0. The van der Waals surface area contributed by atoms with Crippen LogP contribution >= 0.6 is 58.1 Å². The molecule has 0 fully saturated rings. The van der Waals surface area contributed by atoms with Crippen LogP contribution in [-0.2, 0) is 0 Å². The van der Waals surface area contributed by atoms with Gasteiger partial charge in [-0.05, 0) is 34.2 Å². The van der Waals surface area contributed by atoms with Gasteiger partial charge in [-0.2, -0.15) is 0 Å². The third-order valence-corrected chi connectivity index (χ3v) is 10.9. The molecule has 2 aromatic carbocycles. The summed E-state index contributed by atoms with van der Waals surface area (Å²) in [6, 6.07) is 17.5. The molecule has 0 saturated carbocycles. The van der Waals surface area contributed by atoms with Gasteiger partial charge in [0.2, 0.25) is 0 Å². The molecule has 0 saturated heterocycles. The summed E-state index contributed by atoms with van der Waals surface area (Å²) in [6.07, 6.45) is 1.18. The monoisotopic (exact) mass is 566 g/mol. The maximum Gasteiger partial charge on any atom is 0.0550 e. The highest BCUT2D eigenvalue weighted by Crippen LogP contribution is 2.44. The number of hydrogen-bond donors (Lipinski definition) is 0. The minimum atomic E-state index is 0.188. The van der Waals surface area contributed by atoms with Gasteiger partial charge in [0.15, 0.2) is 0 Å². The van der Waals surface area contributed by atoms with E-state index in [0.717, 1.165) is 13.1 Å². The Bertz CT molecular complexity index is 752. The summed E-state index contributed by atoms with van der Waals surface area (Å²) in [5.41, 5.74) is 5.57. The van der Waals surface area contributed by atoms with Crippen LogP contribution in [0.5, 0.6) is 0 Å². The number of rotatable bonds is 4. The molecule has 0 bridgehead atoms. The van der Waals surface area contributed by atoms with Crippen molar-refractivity contribution in [1.82, 2.24) is 0 Å². The topological polar surface area (TPSA) is 6.48 Å². The smallest absolute Gasteiger partial charge is 0.0550 e. The van der Waals surface area contributed by atoms with Gasteiger partial charge in [-0.25, -0.2) is 0 Å². The largest absolute Gasteiger partial charge is 0.313 e. The maximum atomic E-state index is 2.56. The predicted molar refractivity (Wildman–Crippen MR) is 126 cm³/mol. The molecule has 2 unspecified atom stereocenters. The molecule has 2 aliphatic rings. The van der Waals surface area contributed by atoms with Gasteiger partial charge in [0.1, 0.15) is 0 Å². The Kier molecular flexibility index (Phi) is 5.03. The van der Waals surface area contributed by atoms with E-state index in [0.29, 0.717) is 0 Å². The van der Waals surface area contributed by atoms with E-state index in [1.807, 2.05) is 0 Å². The highest BCUT2D eigenvalue weighted by molar-refractivity contribution is 14.2. The Morgan fingerprint density at radius 1 is 0.696 bits per heavy atom. The van der Waals surface area contributed by atoms with Gasteiger partial charge in [-0.3, -0.25) is 0 Å². The molecule has 0 spiro atoms. The van der Waals surface area contributed by atoms with Crippen LogP contribution in [0.4, 0.5) is 11.4 Å². The third-order valence-electron chi connectivity index (χ3n) is 4.00. The zero-order chi connectivity index (χ0) is 15.8. The third kappa shape index (κ3) is 3.23. The molecule has 120 valence electrons. The Morgan fingerprint density at radius 2 is 1.13 bits per heavy atom. The van der Waals surface area contributed by atoms with Crippen molar-refractivity contribution in [2.24, 2.45) is 0 Å². The van der Waals surface area contributed by atoms with Gasteiger partial charge in [-0.1, -0.05) is 36.4 Å². The van der Waals surface area contributed by atoms with Gasteiger partial charge >= 0.3 is 0 Å². The molecule has 2 heterocycles. The van der Waals surface area contributed by atoms with Crippen molar-refractivity contribution in [3.05, 3.63) is 59.7 Å². The second kappa shape index (κ2) is 7.05. The average Bonchev–Trinajstić information content (AvgIpc) is 3.04. The van der Waals surface area contributed by atoms with Crippen molar-refractivity contribution in [2.45, 2.75) is 6.42 Å². The van der Waals surface area contributed by atoms with E-state index in [1.165, 1.54) is 28.9 Å². The summed E-state index contributed by atoms with van der Waals surface area (Å²) in [5.74, 6) is 0. The van der Waals surface area contributed by atoms with Crippen molar-refractivity contribution < 1.29 is 0 Å². The first kappa shape index (κ1) is 16.4. The normalized spacial score (nSPS) is 21.7. The quantitative estimate of drug-likeness (QED) is 0.342. The Hall–Kier alpha value is -0.0600. The van der Waals surface area contributed by atoms with Gasteiger partial charge in [0, 0.05) is 77.4 Å². The molecule has 4 rings (SSSR count). The van der Waals surface area contributed by atoms with E-state index >= 15 is 0 Å². The van der Waals surface area contributed by atoms with E-state index in [9.17, 15) is 0 Å². The maximum absolute atomic E-state index is 2.56. The summed E-state index contributed by atoms with van der Waals surface area (Å²) < 4.78 is 5.10. The van der Waals surface area contributed by atoms with Crippen LogP contribution in [0.1, 0.15) is 17.5 Å². The standard InChI is InChI=1S/C17H16I2N2S2/c18-22-12-14-6-1-3-8-16(14)20(22)10-5-11-21-17-9-4-2-7-15(17)13-23(21)19/h1-4,6-9,12-13H,5,10-11H2. The van der Waals surface area contributed by atoms with E-state index in [4.69, 9.17) is 0 Å². The van der Waals surface area contributed by atoms with Crippen LogP contribution in [0.3, 0.4) is 0 Å². The molecule has 23 heavy (non-hydrogen) atoms. The summed E-state index contributed by atoms with van der Waals surface area (Å²) in [5, 5.41) is 4.77. The summed E-state index contributed by atoms with van der Waals surface area (Å²) in [6.45, 7) is 2.23. The van der Waals surface area contributed by atoms with E-state index < -0.39 is 0 Å². The molecule has 0 radical (unpaired) electrons. The fourth-order valence-corrected chi connectivity index (χ4v) is 9.41. The van der Waals surface area contributed by atoms with Crippen molar-refractivity contribution in [3.63, 3.8) is 0 Å². The molecule has 6 heteroatoms. The first-order valence-electron chi connectivity index (χ1n) is 7.46.